The summed E-state index contributed by atoms with van der Waals surface area (Å²) in [7, 11) is 1.17. The number of methoxy groups -OCH3 is 1. The predicted molar refractivity (Wildman–Crippen MR) is 46.9 cm³/mol. The molecule has 0 fully saturated rings. The van der Waals surface area contributed by atoms with Gasteiger partial charge in [0.25, 0.3) is 0 Å². The van der Waals surface area contributed by atoms with Gasteiger partial charge in [-0.2, -0.15) is 0 Å². The van der Waals surface area contributed by atoms with Crippen molar-refractivity contribution in [1.82, 2.24) is 0 Å². The number of halogens is 2. The van der Waals surface area contributed by atoms with Crippen molar-refractivity contribution in [2.75, 3.05) is 13.7 Å². The highest BCUT2D eigenvalue weighted by Crippen LogP contribution is 2.25. The number of ether oxygens (including phenoxy) is 1. The van der Waals surface area contributed by atoms with E-state index in [1.54, 1.807) is 0 Å². The van der Waals surface area contributed by atoms with Crippen molar-refractivity contribution in [3.8, 4) is 5.75 Å². The predicted octanol–water partition coefficient (Wildman–Crippen LogP) is 0.966. The second-order valence-corrected chi connectivity index (χ2v) is 2.77. The van der Waals surface area contributed by atoms with E-state index in [1.807, 2.05) is 0 Å². The largest absolute Gasteiger partial charge is 0.491 e. The van der Waals surface area contributed by atoms with Crippen LogP contribution in [-0.2, 0) is 0 Å². The van der Waals surface area contributed by atoms with Crippen LogP contribution in [0, 0.1) is 11.6 Å². The van der Waals surface area contributed by atoms with Gasteiger partial charge in [-0.1, -0.05) is 0 Å². The average Bonchev–Trinajstić information content (AvgIpc) is 2.16. The Bertz CT molecular complexity index is 308. The zero-order valence-corrected chi connectivity index (χ0v) is 7.63. The van der Waals surface area contributed by atoms with Crippen molar-refractivity contribution in [1.29, 1.82) is 0 Å². The van der Waals surface area contributed by atoms with Crippen LogP contribution in [0.5, 0.6) is 5.75 Å². The third-order valence-corrected chi connectivity index (χ3v) is 1.83. The topological polar surface area (TPSA) is 55.5 Å². The van der Waals surface area contributed by atoms with Crippen LogP contribution in [0.4, 0.5) is 8.78 Å². The van der Waals surface area contributed by atoms with Crippen LogP contribution in [0.15, 0.2) is 12.1 Å². The molecule has 1 aromatic carbocycles. The molecule has 3 N–H and O–H groups in total. The van der Waals surface area contributed by atoms with E-state index in [4.69, 9.17) is 5.73 Å². The maximum absolute atomic E-state index is 13.1. The van der Waals surface area contributed by atoms with E-state index in [9.17, 15) is 13.9 Å². The normalized spacial score (nSPS) is 12.6. The molecule has 0 aromatic heterocycles. The SMILES string of the molecule is COc1c(F)cc(C(O)CN)cc1F. The molecule has 0 bridgehead atoms. The molecular formula is C9H11F2NO2. The van der Waals surface area contributed by atoms with E-state index in [0.29, 0.717) is 0 Å². The van der Waals surface area contributed by atoms with Gasteiger partial charge in [-0.3, -0.25) is 0 Å². The summed E-state index contributed by atoms with van der Waals surface area (Å²) in [6.07, 6.45) is -1.06. The summed E-state index contributed by atoms with van der Waals surface area (Å²) in [5, 5.41) is 9.24. The molecule has 1 aromatic rings. The highest BCUT2D eigenvalue weighted by Gasteiger charge is 2.14. The first-order valence-electron chi connectivity index (χ1n) is 4.01. The molecule has 78 valence electrons. The number of benzene rings is 1. The Kier molecular flexibility index (Phi) is 3.38. The lowest BCUT2D eigenvalue weighted by molar-refractivity contribution is 0.185. The lowest BCUT2D eigenvalue weighted by Gasteiger charge is -2.10. The van der Waals surface area contributed by atoms with Crippen molar-refractivity contribution >= 4 is 0 Å². The molecular weight excluding hydrogens is 192 g/mol. The monoisotopic (exact) mass is 203 g/mol. The van der Waals surface area contributed by atoms with Gasteiger partial charge in [0.15, 0.2) is 17.4 Å². The zero-order valence-electron chi connectivity index (χ0n) is 7.63. The highest BCUT2D eigenvalue weighted by molar-refractivity contribution is 5.32. The third kappa shape index (κ3) is 2.00. The number of hydrogen-bond acceptors (Lipinski definition) is 3. The first-order chi connectivity index (χ1) is 6.60. The van der Waals surface area contributed by atoms with Gasteiger partial charge in [0.1, 0.15) is 0 Å². The molecule has 1 atom stereocenters. The van der Waals surface area contributed by atoms with E-state index < -0.39 is 23.5 Å². The van der Waals surface area contributed by atoms with Gasteiger partial charge in [0, 0.05) is 6.54 Å². The maximum atomic E-state index is 13.1. The molecule has 0 saturated carbocycles. The standard InChI is InChI=1S/C9H11F2NO2/c1-14-9-6(10)2-5(3-7(9)11)8(13)4-12/h2-3,8,13H,4,12H2,1H3. The summed E-state index contributed by atoms with van der Waals surface area (Å²) in [6, 6.07) is 2.00. The van der Waals surface area contributed by atoms with Crippen LogP contribution >= 0.6 is 0 Å². The van der Waals surface area contributed by atoms with Crippen molar-refractivity contribution in [2.45, 2.75) is 6.10 Å². The molecule has 1 unspecified atom stereocenters. The Morgan fingerprint density at radius 3 is 2.29 bits per heavy atom. The molecule has 0 amide bonds. The molecule has 5 heteroatoms. The fourth-order valence-corrected chi connectivity index (χ4v) is 1.10. The molecule has 0 spiro atoms. The number of rotatable bonds is 3. The molecule has 0 heterocycles. The molecule has 1 rings (SSSR count). The van der Waals surface area contributed by atoms with Gasteiger partial charge >= 0.3 is 0 Å². The Hall–Kier alpha value is -1.20. The molecule has 0 saturated heterocycles. The first kappa shape index (κ1) is 10.9. The Morgan fingerprint density at radius 1 is 1.43 bits per heavy atom. The lowest BCUT2D eigenvalue weighted by atomic mass is 10.1. The fraction of sp³-hybridized carbons (Fsp3) is 0.333. The summed E-state index contributed by atoms with van der Waals surface area (Å²) in [6.45, 7) is -0.0921. The molecule has 14 heavy (non-hydrogen) atoms. The smallest absolute Gasteiger partial charge is 0.190 e. The molecule has 0 aliphatic rings. The number of aliphatic hydroxyl groups excluding tert-OH is 1. The summed E-state index contributed by atoms with van der Waals surface area (Å²) < 4.78 is 30.7. The minimum Gasteiger partial charge on any atom is -0.491 e. The molecule has 3 nitrogen and oxygen atoms in total. The van der Waals surface area contributed by atoms with Gasteiger partial charge in [0.05, 0.1) is 13.2 Å². The first-order valence-corrected chi connectivity index (χ1v) is 4.01. The number of hydrogen-bond donors (Lipinski definition) is 2. The van der Waals surface area contributed by atoms with E-state index in [0.717, 1.165) is 12.1 Å². The van der Waals surface area contributed by atoms with Gasteiger partial charge < -0.3 is 15.6 Å². The quantitative estimate of drug-likeness (QED) is 0.769. The van der Waals surface area contributed by atoms with Crippen LogP contribution < -0.4 is 10.5 Å². The van der Waals surface area contributed by atoms with Crippen LogP contribution in [-0.4, -0.2) is 18.8 Å². The Labute approximate surface area is 80.1 Å². The minimum atomic E-state index is -1.06. The average molecular weight is 203 g/mol. The van der Waals surface area contributed by atoms with Crippen molar-refractivity contribution < 1.29 is 18.6 Å². The number of aliphatic hydroxyl groups is 1. The van der Waals surface area contributed by atoms with E-state index in [2.05, 4.69) is 4.74 Å². The summed E-state index contributed by atoms with van der Waals surface area (Å²) in [5.41, 5.74) is 5.25. The zero-order chi connectivity index (χ0) is 10.7. The minimum absolute atomic E-state index is 0.0921. The van der Waals surface area contributed by atoms with E-state index in [-0.39, 0.29) is 12.1 Å². The Balaban J connectivity index is 3.13. The van der Waals surface area contributed by atoms with Crippen molar-refractivity contribution in [2.24, 2.45) is 5.73 Å². The summed E-state index contributed by atoms with van der Waals surface area (Å²) in [5.74, 6) is -2.16. The molecule has 0 radical (unpaired) electrons. The fourth-order valence-electron chi connectivity index (χ4n) is 1.10. The van der Waals surface area contributed by atoms with Crippen molar-refractivity contribution in [3.63, 3.8) is 0 Å². The van der Waals surface area contributed by atoms with Crippen molar-refractivity contribution in [3.05, 3.63) is 29.3 Å². The van der Waals surface area contributed by atoms with Gasteiger partial charge in [0.2, 0.25) is 0 Å². The van der Waals surface area contributed by atoms with Crippen LogP contribution in [0.1, 0.15) is 11.7 Å². The van der Waals surface area contributed by atoms with Gasteiger partial charge in [-0.15, -0.1) is 0 Å². The van der Waals surface area contributed by atoms with Gasteiger partial charge in [-0.25, -0.2) is 8.78 Å². The molecule has 0 aliphatic carbocycles. The maximum Gasteiger partial charge on any atom is 0.190 e. The van der Waals surface area contributed by atoms with Gasteiger partial charge in [-0.05, 0) is 17.7 Å². The second kappa shape index (κ2) is 4.34. The lowest BCUT2D eigenvalue weighted by Crippen LogP contribution is -2.12. The summed E-state index contributed by atoms with van der Waals surface area (Å²) in [4.78, 5) is 0. The van der Waals surface area contributed by atoms with Crippen LogP contribution in [0.2, 0.25) is 0 Å². The van der Waals surface area contributed by atoms with E-state index >= 15 is 0 Å². The number of nitrogens with two attached hydrogens (primary N) is 1. The van der Waals surface area contributed by atoms with Crippen LogP contribution in [0.25, 0.3) is 0 Å². The van der Waals surface area contributed by atoms with Crippen LogP contribution in [0.3, 0.4) is 0 Å². The highest BCUT2D eigenvalue weighted by atomic mass is 19.1. The Morgan fingerprint density at radius 2 is 1.93 bits per heavy atom. The third-order valence-electron chi connectivity index (χ3n) is 1.83. The van der Waals surface area contributed by atoms with E-state index in [1.165, 1.54) is 7.11 Å². The second-order valence-electron chi connectivity index (χ2n) is 2.77. The molecule has 0 aliphatic heterocycles. The summed E-state index contributed by atoms with van der Waals surface area (Å²) >= 11 is 0.